The Morgan fingerprint density at radius 1 is 0.862 bits per heavy atom. The molecule has 0 atom stereocenters. The fourth-order valence-electron chi connectivity index (χ4n) is 4.75. The van der Waals surface area contributed by atoms with Crippen LogP contribution in [-0.4, -0.2) is 99.3 Å². The largest absolute Gasteiger partial charge is 0.469 e. The SMILES string of the molecule is COC(=O)CCN1CCC(N2CCN(CCC3CCNCC3)CC2)CC1.Cl.Cl.Cl. The molecule has 0 aromatic rings. The normalized spacial score (nSPS) is 22.8. The summed E-state index contributed by atoms with van der Waals surface area (Å²) >= 11 is 0. The van der Waals surface area contributed by atoms with Gasteiger partial charge in [-0.3, -0.25) is 9.69 Å². The zero-order valence-electron chi connectivity index (χ0n) is 17.9. The molecule has 3 aliphatic heterocycles. The first kappa shape index (κ1) is 29.2. The molecule has 0 aliphatic carbocycles. The Bertz CT molecular complexity index is 426. The van der Waals surface area contributed by atoms with E-state index in [4.69, 9.17) is 4.74 Å². The monoisotopic (exact) mass is 474 g/mol. The molecule has 6 nitrogen and oxygen atoms in total. The summed E-state index contributed by atoms with van der Waals surface area (Å²) in [6.07, 6.45) is 7.15. The summed E-state index contributed by atoms with van der Waals surface area (Å²) in [7, 11) is 1.47. The lowest BCUT2D eigenvalue weighted by Crippen LogP contribution is -2.53. The van der Waals surface area contributed by atoms with Crippen LogP contribution in [0, 0.1) is 5.92 Å². The molecule has 3 aliphatic rings. The quantitative estimate of drug-likeness (QED) is 0.570. The molecule has 0 bridgehead atoms. The number of rotatable bonds is 7. The first-order valence-electron chi connectivity index (χ1n) is 10.7. The molecule has 3 fully saturated rings. The molecule has 3 saturated heterocycles. The number of carbonyl (C=O) groups is 1. The minimum absolute atomic E-state index is 0. The minimum Gasteiger partial charge on any atom is -0.469 e. The molecule has 0 amide bonds. The van der Waals surface area contributed by atoms with Crippen LogP contribution in [0.15, 0.2) is 0 Å². The first-order valence-corrected chi connectivity index (χ1v) is 10.7. The van der Waals surface area contributed by atoms with Crippen LogP contribution in [0.25, 0.3) is 0 Å². The number of carbonyl (C=O) groups excluding carboxylic acids is 1. The Kier molecular flexibility index (Phi) is 16.0. The predicted molar refractivity (Wildman–Crippen MR) is 126 cm³/mol. The Labute approximate surface area is 195 Å². The Hall–Kier alpha value is 0.180. The molecule has 0 unspecified atom stereocenters. The Morgan fingerprint density at radius 2 is 1.45 bits per heavy atom. The number of piperazine rings is 1. The van der Waals surface area contributed by atoms with Gasteiger partial charge in [0, 0.05) is 38.8 Å². The maximum Gasteiger partial charge on any atom is 0.306 e. The number of halogens is 3. The summed E-state index contributed by atoms with van der Waals surface area (Å²) in [4.78, 5) is 19.1. The van der Waals surface area contributed by atoms with Gasteiger partial charge in [-0.15, -0.1) is 37.2 Å². The third-order valence-electron chi connectivity index (χ3n) is 6.65. The molecule has 0 spiro atoms. The second-order valence-corrected chi connectivity index (χ2v) is 8.26. The lowest BCUT2D eigenvalue weighted by molar-refractivity contribution is -0.141. The number of piperidine rings is 2. The summed E-state index contributed by atoms with van der Waals surface area (Å²) in [5.41, 5.74) is 0. The van der Waals surface area contributed by atoms with E-state index < -0.39 is 0 Å². The number of nitrogens with one attached hydrogen (secondary N) is 1. The Balaban J connectivity index is 0.00000261. The van der Waals surface area contributed by atoms with Crippen LogP contribution < -0.4 is 5.32 Å². The maximum atomic E-state index is 11.3. The molecule has 3 heterocycles. The van der Waals surface area contributed by atoms with Gasteiger partial charge >= 0.3 is 5.97 Å². The summed E-state index contributed by atoms with van der Waals surface area (Å²) < 4.78 is 4.74. The van der Waals surface area contributed by atoms with E-state index in [9.17, 15) is 4.79 Å². The third kappa shape index (κ3) is 9.90. The maximum absolute atomic E-state index is 11.3. The van der Waals surface area contributed by atoms with Crippen LogP contribution >= 0.6 is 37.2 Å². The zero-order chi connectivity index (χ0) is 18.2. The fraction of sp³-hybridized carbons (Fsp3) is 0.950. The highest BCUT2D eigenvalue weighted by Gasteiger charge is 2.27. The molecular formula is C20H41Cl3N4O2. The summed E-state index contributed by atoms with van der Waals surface area (Å²) in [5, 5.41) is 3.47. The molecule has 174 valence electrons. The number of nitrogens with zero attached hydrogens (tertiary/aromatic N) is 3. The fourth-order valence-corrected chi connectivity index (χ4v) is 4.75. The second kappa shape index (κ2) is 15.9. The predicted octanol–water partition coefficient (Wildman–Crippen LogP) is 2.29. The van der Waals surface area contributed by atoms with E-state index in [1.54, 1.807) is 0 Å². The minimum atomic E-state index is -0.0901. The van der Waals surface area contributed by atoms with Crippen molar-refractivity contribution < 1.29 is 9.53 Å². The van der Waals surface area contributed by atoms with E-state index in [1.165, 1.54) is 85.0 Å². The molecule has 0 aromatic heterocycles. The van der Waals surface area contributed by atoms with Crippen LogP contribution in [-0.2, 0) is 9.53 Å². The van der Waals surface area contributed by atoms with Crippen LogP contribution in [0.1, 0.15) is 38.5 Å². The van der Waals surface area contributed by atoms with E-state index >= 15 is 0 Å². The average molecular weight is 476 g/mol. The van der Waals surface area contributed by atoms with E-state index in [-0.39, 0.29) is 43.2 Å². The van der Waals surface area contributed by atoms with Crippen molar-refractivity contribution in [2.45, 2.75) is 44.6 Å². The van der Waals surface area contributed by atoms with Crippen LogP contribution in [0.3, 0.4) is 0 Å². The third-order valence-corrected chi connectivity index (χ3v) is 6.65. The van der Waals surface area contributed by atoms with Gasteiger partial charge in [0.15, 0.2) is 0 Å². The van der Waals surface area contributed by atoms with Gasteiger partial charge in [0.2, 0.25) is 0 Å². The smallest absolute Gasteiger partial charge is 0.306 e. The van der Waals surface area contributed by atoms with E-state index in [1.807, 2.05) is 0 Å². The van der Waals surface area contributed by atoms with Crippen molar-refractivity contribution in [1.29, 1.82) is 0 Å². The molecule has 29 heavy (non-hydrogen) atoms. The number of esters is 1. The lowest BCUT2D eigenvalue weighted by atomic mass is 9.94. The van der Waals surface area contributed by atoms with Crippen LogP contribution in [0.4, 0.5) is 0 Å². The number of ether oxygens (including phenoxy) is 1. The summed E-state index contributed by atoms with van der Waals surface area (Å²) in [6.45, 7) is 11.8. The number of methoxy groups -OCH3 is 1. The lowest BCUT2D eigenvalue weighted by Gasteiger charge is -2.43. The van der Waals surface area contributed by atoms with Gasteiger partial charge in [0.1, 0.15) is 0 Å². The van der Waals surface area contributed by atoms with Crippen LogP contribution in [0.5, 0.6) is 0 Å². The topological polar surface area (TPSA) is 48.1 Å². The van der Waals surface area contributed by atoms with E-state index in [0.29, 0.717) is 6.42 Å². The van der Waals surface area contributed by atoms with Crippen molar-refractivity contribution in [1.82, 2.24) is 20.0 Å². The molecule has 3 rings (SSSR count). The van der Waals surface area contributed by atoms with Crippen molar-refractivity contribution in [3.05, 3.63) is 0 Å². The Morgan fingerprint density at radius 3 is 2.03 bits per heavy atom. The average Bonchev–Trinajstić information content (AvgIpc) is 2.72. The highest BCUT2D eigenvalue weighted by atomic mass is 35.5. The first-order chi connectivity index (χ1) is 12.7. The van der Waals surface area contributed by atoms with Gasteiger partial charge in [-0.2, -0.15) is 0 Å². The van der Waals surface area contributed by atoms with Gasteiger partial charge in [-0.05, 0) is 70.7 Å². The highest BCUT2D eigenvalue weighted by molar-refractivity contribution is 5.86. The molecular weight excluding hydrogens is 435 g/mol. The molecule has 0 saturated carbocycles. The number of hydrogen-bond donors (Lipinski definition) is 1. The summed E-state index contributed by atoms with van der Waals surface area (Å²) in [6, 6.07) is 0.746. The molecule has 1 N–H and O–H groups in total. The second-order valence-electron chi connectivity index (χ2n) is 8.26. The zero-order valence-corrected chi connectivity index (χ0v) is 20.3. The van der Waals surface area contributed by atoms with Crippen molar-refractivity contribution in [2.24, 2.45) is 5.92 Å². The van der Waals surface area contributed by atoms with Gasteiger partial charge < -0.3 is 19.9 Å². The molecule has 9 heteroatoms. The van der Waals surface area contributed by atoms with Gasteiger partial charge in [0.25, 0.3) is 0 Å². The van der Waals surface area contributed by atoms with Gasteiger partial charge in [0.05, 0.1) is 13.5 Å². The molecule has 0 aromatic carbocycles. The van der Waals surface area contributed by atoms with E-state index in [0.717, 1.165) is 31.6 Å². The number of likely N-dealkylation sites (tertiary alicyclic amines) is 1. The van der Waals surface area contributed by atoms with Crippen molar-refractivity contribution >= 4 is 43.2 Å². The highest BCUT2D eigenvalue weighted by Crippen LogP contribution is 2.20. The molecule has 0 radical (unpaired) electrons. The number of hydrogen-bond acceptors (Lipinski definition) is 6. The van der Waals surface area contributed by atoms with Gasteiger partial charge in [-0.25, -0.2) is 0 Å². The van der Waals surface area contributed by atoms with Crippen molar-refractivity contribution in [2.75, 3.05) is 72.6 Å². The van der Waals surface area contributed by atoms with E-state index in [2.05, 4.69) is 20.0 Å². The van der Waals surface area contributed by atoms with Crippen molar-refractivity contribution in [3.8, 4) is 0 Å². The van der Waals surface area contributed by atoms with Crippen LogP contribution in [0.2, 0.25) is 0 Å². The summed E-state index contributed by atoms with van der Waals surface area (Å²) in [5.74, 6) is 0.858. The van der Waals surface area contributed by atoms with Crippen molar-refractivity contribution in [3.63, 3.8) is 0 Å². The van der Waals surface area contributed by atoms with Gasteiger partial charge in [-0.1, -0.05) is 0 Å². The standard InChI is InChI=1S/C20H38N4O2.3ClH/c1-26-20(25)7-13-22-11-5-19(6-12-22)24-16-14-23(15-17-24)10-4-18-2-8-21-9-3-18;;;/h18-19,21H,2-17H2,1H3;3*1H.